The van der Waals surface area contributed by atoms with Crippen molar-refractivity contribution >= 4 is 5.97 Å². The second-order valence-electron chi connectivity index (χ2n) is 3.52. The molecule has 76 valence electrons. The van der Waals surface area contributed by atoms with Crippen molar-refractivity contribution < 1.29 is 14.3 Å². The average Bonchev–Trinajstić information content (AvgIpc) is 1.96. The monoisotopic (exact) mass is 187 g/mol. The molecule has 0 amide bonds. The highest BCUT2D eigenvalue weighted by Gasteiger charge is 2.22. The number of carbonyl (C=O) groups is 1. The van der Waals surface area contributed by atoms with Gasteiger partial charge in [-0.2, -0.15) is 0 Å². The van der Waals surface area contributed by atoms with Crippen LogP contribution in [0.5, 0.6) is 0 Å². The fraction of sp³-hybridized carbons (Fsp3) is 0.889. The Labute approximate surface area is 78.4 Å². The van der Waals surface area contributed by atoms with Crippen LogP contribution in [0.1, 0.15) is 26.2 Å². The van der Waals surface area contributed by atoms with E-state index >= 15 is 0 Å². The van der Waals surface area contributed by atoms with Crippen LogP contribution in [0.4, 0.5) is 0 Å². The lowest BCUT2D eigenvalue weighted by Crippen LogP contribution is -2.37. The fourth-order valence-electron chi connectivity index (χ4n) is 1.10. The van der Waals surface area contributed by atoms with E-state index in [0.717, 1.165) is 12.8 Å². The van der Waals surface area contributed by atoms with Gasteiger partial charge in [-0.1, -0.05) is 0 Å². The molecule has 1 atom stereocenters. The number of carbonyl (C=O) groups excluding carboxylic acids is 1. The zero-order valence-corrected chi connectivity index (χ0v) is 7.99. The van der Waals surface area contributed by atoms with Crippen LogP contribution >= 0.6 is 0 Å². The van der Waals surface area contributed by atoms with Gasteiger partial charge in [0.1, 0.15) is 6.10 Å². The molecule has 1 fully saturated rings. The molecule has 0 aromatic rings. The summed E-state index contributed by atoms with van der Waals surface area (Å²) in [6.45, 7) is 3.04. The van der Waals surface area contributed by atoms with Gasteiger partial charge in [0.15, 0.2) is 0 Å². The Morgan fingerprint density at radius 1 is 1.69 bits per heavy atom. The van der Waals surface area contributed by atoms with Crippen molar-refractivity contribution in [2.75, 3.05) is 13.2 Å². The van der Waals surface area contributed by atoms with Crippen LogP contribution in [0.2, 0.25) is 0 Å². The first-order valence-corrected chi connectivity index (χ1v) is 4.71. The smallest absolute Gasteiger partial charge is 0.306 e. The summed E-state index contributed by atoms with van der Waals surface area (Å²) in [5.74, 6) is -0.131. The molecule has 4 nitrogen and oxygen atoms in total. The number of rotatable bonds is 5. The summed E-state index contributed by atoms with van der Waals surface area (Å²) in [7, 11) is 0. The summed E-state index contributed by atoms with van der Waals surface area (Å²) in [5.41, 5.74) is 5.55. The topological polar surface area (TPSA) is 61.6 Å². The predicted octanol–water partition coefficient (Wildman–Crippen LogP) is 0.446. The van der Waals surface area contributed by atoms with Gasteiger partial charge >= 0.3 is 5.97 Å². The van der Waals surface area contributed by atoms with Crippen LogP contribution < -0.4 is 5.73 Å². The lowest BCUT2D eigenvalue weighted by Gasteiger charge is -2.25. The zero-order valence-electron chi connectivity index (χ0n) is 7.99. The van der Waals surface area contributed by atoms with Gasteiger partial charge in [0.2, 0.25) is 0 Å². The lowest BCUT2D eigenvalue weighted by molar-refractivity contribution is -0.172. The van der Waals surface area contributed by atoms with Crippen LogP contribution in [0.3, 0.4) is 0 Å². The van der Waals surface area contributed by atoms with Crippen molar-refractivity contribution in [3.63, 3.8) is 0 Å². The quantitative estimate of drug-likeness (QED) is 0.635. The van der Waals surface area contributed by atoms with Crippen LogP contribution in [0.15, 0.2) is 0 Å². The molecule has 1 rings (SSSR count). The Morgan fingerprint density at radius 2 is 2.38 bits per heavy atom. The van der Waals surface area contributed by atoms with Crippen molar-refractivity contribution in [2.24, 2.45) is 5.73 Å². The van der Waals surface area contributed by atoms with Gasteiger partial charge < -0.3 is 15.2 Å². The number of nitrogens with two attached hydrogens (primary N) is 1. The van der Waals surface area contributed by atoms with E-state index < -0.39 is 0 Å². The SMILES string of the molecule is CC(N)CCCC(=O)OC1COC1. The van der Waals surface area contributed by atoms with Crippen molar-refractivity contribution in [1.29, 1.82) is 0 Å². The minimum atomic E-state index is -0.131. The number of hydrogen-bond donors (Lipinski definition) is 1. The Bertz CT molecular complexity index is 166. The van der Waals surface area contributed by atoms with E-state index in [4.69, 9.17) is 15.2 Å². The highest BCUT2D eigenvalue weighted by atomic mass is 16.6. The standard InChI is InChI=1S/C9H17NO3/c1-7(10)3-2-4-9(11)13-8-5-12-6-8/h7-8H,2-6,10H2,1H3. The summed E-state index contributed by atoms with van der Waals surface area (Å²) >= 11 is 0. The largest absolute Gasteiger partial charge is 0.457 e. The number of hydrogen-bond acceptors (Lipinski definition) is 4. The summed E-state index contributed by atoms with van der Waals surface area (Å²) in [6.07, 6.45) is 2.15. The van der Waals surface area contributed by atoms with Gasteiger partial charge in [0.05, 0.1) is 13.2 Å². The first-order valence-electron chi connectivity index (χ1n) is 4.71. The van der Waals surface area contributed by atoms with E-state index in [2.05, 4.69) is 0 Å². The second-order valence-corrected chi connectivity index (χ2v) is 3.52. The Morgan fingerprint density at radius 3 is 2.85 bits per heavy atom. The third-order valence-electron chi connectivity index (χ3n) is 1.95. The first kappa shape index (κ1) is 10.5. The molecule has 0 saturated carbocycles. The summed E-state index contributed by atoms with van der Waals surface area (Å²) in [4.78, 5) is 11.1. The third kappa shape index (κ3) is 4.24. The molecule has 1 aliphatic heterocycles. The van der Waals surface area contributed by atoms with E-state index in [1.165, 1.54) is 0 Å². The molecule has 1 heterocycles. The van der Waals surface area contributed by atoms with E-state index in [-0.39, 0.29) is 18.1 Å². The van der Waals surface area contributed by atoms with Crippen molar-refractivity contribution in [1.82, 2.24) is 0 Å². The molecule has 0 aromatic carbocycles. The number of esters is 1. The molecule has 1 aliphatic rings. The third-order valence-corrected chi connectivity index (χ3v) is 1.95. The molecule has 0 aromatic heterocycles. The van der Waals surface area contributed by atoms with Crippen LogP contribution in [0, 0.1) is 0 Å². The maximum absolute atomic E-state index is 11.1. The molecule has 1 unspecified atom stereocenters. The van der Waals surface area contributed by atoms with Gasteiger partial charge in [-0.25, -0.2) is 0 Å². The Hall–Kier alpha value is -0.610. The van der Waals surface area contributed by atoms with Gasteiger partial charge in [-0.3, -0.25) is 4.79 Å². The van der Waals surface area contributed by atoms with E-state index in [1.54, 1.807) is 0 Å². The predicted molar refractivity (Wildman–Crippen MR) is 48.2 cm³/mol. The summed E-state index contributed by atoms with van der Waals surface area (Å²) in [6, 6.07) is 0.167. The van der Waals surface area contributed by atoms with Crippen LogP contribution in [0.25, 0.3) is 0 Å². The first-order chi connectivity index (χ1) is 6.18. The Kier molecular flexibility index (Phi) is 4.18. The molecule has 13 heavy (non-hydrogen) atoms. The highest BCUT2D eigenvalue weighted by Crippen LogP contribution is 2.08. The maximum atomic E-state index is 11.1. The normalized spacial score (nSPS) is 19.2. The molecule has 0 bridgehead atoms. The minimum absolute atomic E-state index is 0.00259. The summed E-state index contributed by atoms with van der Waals surface area (Å²) in [5, 5.41) is 0. The van der Waals surface area contributed by atoms with Gasteiger partial charge in [0.25, 0.3) is 0 Å². The number of ether oxygens (including phenoxy) is 2. The second kappa shape index (κ2) is 5.19. The lowest BCUT2D eigenvalue weighted by atomic mass is 10.1. The molecule has 2 N–H and O–H groups in total. The van der Waals surface area contributed by atoms with Gasteiger partial charge in [-0.05, 0) is 19.8 Å². The molecule has 1 saturated heterocycles. The molecular weight excluding hydrogens is 170 g/mol. The molecular formula is C9H17NO3. The van der Waals surface area contributed by atoms with Crippen molar-refractivity contribution in [3.8, 4) is 0 Å². The maximum Gasteiger partial charge on any atom is 0.306 e. The van der Waals surface area contributed by atoms with Crippen molar-refractivity contribution in [2.45, 2.75) is 38.3 Å². The Balaban J connectivity index is 1.97. The van der Waals surface area contributed by atoms with Gasteiger partial charge in [-0.15, -0.1) is 0 Å². The highest BCUT2D eigenvalue weighted by molar-refractivity contribution is 5.69. The minimum Gasteiger partial charge on any atom is -0.457 e. The van der Waals surface area contributed by atoms with Crippen LogP contribution in [-0.4, -0.2) is 31.3 Å². The average molecular weight is 187 g/mol. The fourth-order valence-corrected chi connectivity index (χ4v) is 1.10. The summed E-state index contributed by atoms with van der Waals surface area (Å²) < 4.78 is 9.94. The zero-order chi connectivity index (χ0) is 9.68. The molecule has 4 heteroatoms. The van der Waals surface area contributed by atoms with E-state index in [9.17, 15) is 4.79 Å². The van der Waals surface area contributed by atoms with E-state index in [0.29, 0.717) is 19.6 Å². The van der Waals surface area contributed by atoms with E-state index in [1.807, 2.05) is 6.92 Å². The van der Waals surface area contributed by atoms with Crippen molar-refractivity contribution in [3.05, 3.63) is 0 Å². The van der Waals surface area contributed by atoms with Gasteiger partial charge in [0, 0.05) is 12.5 Å². The molecule has 0 radical (unpaired) electrons. The molecule has 0 aliphatic carbocycles. The van der Waals surface area contributed by atoms with Crippen LogP contribution in [-0.2, 0) is 14.3 Å². The molecule has 0 spiro atoms.